The van der Waals surface area contributed by atoms with Crippen molar-refractivity contribution in [2.24, 2.45) is 18.4 Å². The maximum absolute atomic E-state index is 15.9. The van der Waals surface area contributed by atoms with E-state index in [0.29, 0.717) is 36.8 Å². The van der Waals surface area contributed by atoms with E-state index in [9.17, 15) is 4.79 Å². The van der Waals surface area contributed by atoms with Crippen molar-refractivity contribution >= 4 is 52.2 Å². The van der Waals surface area contributed by atoms with Crippen molar-refractivity contribution in [3.05, 3.63) is 94.9 Å². The number of hydrogen-bond donors (Lipinski definition) is 1. The van der Waals surface area contributed by atoms with Gasteiger partial charge in [0.15, 0.2) is 23.2 Å². The number of nitrogens with zero attached hydrogens (tertiary/aromatic N) is 3. The van der Waals surface area contributed by atoms with Gasteiger partial charge in [-0.3, -0.25) is 4.79 Å². The third-order valence-corrected chi connectivity index (χ3v) is 15.4. The molecule has 2 aliphatic heterocycles. The van der Waals surface area contributed by atoms with Gasteiger partial charge < -0.3 is 14.5 Å². The monoisotopic (exact) mass is 790 g/mol. The van der Waals surface area contributed by atoms with Crippen LogP contribution in [0.25, 0.3) is 22.3 Å². The minimum atomic E-state index is -0.603. The van der Waals surface area contributed by atoms with E-state index >= 15 is 8.78 Å². The Morgan fingerprint density at radius 2 is 1.89 bits per heavy atom. The Morgan fingerprint density at radius 3 is 2.69 bits per heavy atom. The van der Waals surface area contributed by atoms with E-state index in [2.05, 4.69) is 43.1 Å². The van der Waals surface area contributed by atoms with Gasteiger partial charge in [0.05, 0.1) is 28.1 Å². The van der Waals surface area contributed by atoms with E-state index in [0.717, 1.165) is 69.9 Å². The molecule has 0 saturated carbocycles. The first-order valence-electron chi connectivity index (χ1n) is 18.7. The second kappa shape index (κ2) is 16.3. The van der Waals surface area contributed by atoms with Crippen LogP contribution in [0.1, 0.15) is 69.5 Å². The van der Waals surface area contributed by atoms with E-state index in [1.165, 1.54) is 18.2 Å². The van der Waals surface area contributed by atoms with Gasteiger partial charge in [0, 0.05) is 47.3 Å². The lowest BCUT2D eigenvalue weighted by atomic mass is 9.74. The molecule has 5 aromatic rings. The normalized spacial score (nSPS) is 20.1. The Hall–Kier alpha value is -3.48. The summed E-state index contributed by atoms with van der Waals surface area (Å²) in [6.45, 7) is 8.73. The van der Waals surface area contributed by atoms with Crippen LogP contribution < -0.4 is 4.74 Å². The number of aromatic nitrogens is 4. The van der Waals surface area contributed by atoms with Gasteiger partial charge in [0.25, 0.3) is 0 Å². The van der Waals surface area contributed by atoms with Crippen molar-refractivity contribution < 1.29 is 23.0 Å². The molecule has 286 valence electrons. The van der Waals surface area contributed by atoms with Gasteiger partial charge in [0.2, 0.25) is 0 Å². The number of fused-ring (bicyclic) bond motifs is 8. The second-order valence-corrected chi connectivity index (χ2v) is 19.0. The number of H-pyrrole nitrogens is 1. The molecule has 2 unspecified atom stereocenters. The summed E-state index contributed by atoms with van der Waals surface area (Å²) in [6, 6.07) is 16.4. The van der Waals surface area contributed by atoms with Crippen molar-refractivity contribution in [2.75, 3.05) is 29.6 Å². The molecule has 4 heterocycles. The van der Waals surface area contributed by atoms with Crippen LogP contribution in [-0.4, -0.2) is 59.9 Å². The maximum Gasteiger partial charge on any atom is 0.308 e. The number of benzene rings is 3. The summed E-state index contributed by atoms with van der Waals surface area (Å²) in [5.41, 5.74) is 3.32. The molecule has 2 atom stereocenters. The van der Waals surface area contributed by atoms with Gasteiger partial charge in [-0.2, -0.15) is 16.9 Å². The number of carbonyl (C=O) groups is 1. The first-order valence-corrected chi connectivity index (χ1v) is 22.0. The van der Waals surface area contributed by atoms with Crippen LogP contribution in [-0.2, 0) is 34.8 Å². The second-order valence-electron chi connectivity index (χ2n) is 15.2. The summed E-state index contributed by atoms with van der Waals surface area (Å²) in [4.78, 5) is 21.0. The Morgan fingerprint density at radius 1 is 1.07 bits per heavy atom. The topological polar surface area (TPSA) is 82.0 Å². The molecule has 0 aliphatic carbocycles. The Labute approximate surface area is 329 Å². The molecule has 3 aromatic carbocycles. The van der Waals surface area contributed by atoms with E-state index in [1.54, 1.807) is 17.8 Å². The average molecular weight is 791 g/mol. The molecule has 2 aromatic heterocycles. The van der Waals surface area contributed by atoms with Crippen molar-refractivity contribution in [3.63, 3.8) is 0 Å². The fourth-order valence-corrected chi connectivity index (χ4v) is 12.4. The molecular weight excluding hydrogens is 743 g/mol. The number of ether oxygens (including phenoxy) is 2. The predicted molar refractivity (Wildman–Crippen MR) is 219 cm³/mol. The number of carbonyl (C=O) groups excluding carboxylic acids is 1. The minimum Gasteiger partial charge on any atom is -0.466 e. The lowest BCUT2D eigenvalue weighted by molar-refractivity contribution is -0.147. The molecule has 7 rings (SSSR count). The highest BCUT2D eigenvalue weighted by atomic mass is 32.2. The van der Waals surface area contributed by atoms with Crippen molar-refractivity contribution in [1.29, 1.82) is 0 Å². The molecule has 1 fully saturated rings. The third kappa shape index (κ3) is 7.93. The molecular formula is C42H48F2N4O3S3. The van der Waals surface area contributed by atoms with Crippen molar-refractivity contribution in [1.82, 2.24) is 19.7 Å². The summed E-state index contributed by atoms with van der Waals surface area (Å²) in [7, 11) is 1.80. The average Bonchev–Trinajstić information content (AvgIpc) is 3.93. The number of aryl methyl sites for hydroxylation is 2. The van der Waals surface area contributed by atoms with Gasteiger partial charge >= 0.3 is 5.97 Å². The SMILES string of the molecule is CCOC(=O)C(C)Cc1cccc(C2(C3SCCS3)CCCC(C)(C)CSCCc3c(c(F)cc4[nH]ccc34)Oc3ccc(F)c(c3)-c3nc2nn3C)c1. The quantitative estimate of drug-likeness (QED) is 0.170. The number of halogens is 2. The van der Waals surface area contributed by atoms with Gasteiger partial charge in [-0.25, -0.2) is 18.4 Å². The minimum absolute atomic E-state index is 0.0304. The summed E-state index contributed by atoms with van der Waals surface area (Å²) in [6.07, 6.45) is 5.70. The van der Waals surface area contributed by atoms with Gasteiger partial charge in [-0.1, -0.05) is 51.5 Å². The Balaban J connectivity index is 1.37. The zero-order valence-electron chi connectivity index (χ0n) is 31.5. The predicted octanol–water partition coefficient (Wildman–Crippen LogP) is 10.4. The fraction of sp³-hybridized carbons (Fsp3) is 0.452. The Bertz CT molecular complexity index is 2130. The molecule has 0 amide bonds. The number of nitrogens with one attached hydrogen (secondary N) is 1. The van der Waals surface area contributed by atoms with Crippen molar-refractivity contribution in [3.8, 4) is 22.9 Å². The van der Waals surface area contributed by atoms with Crippen LogP contribution in [0.4, 0.5) is 8.78 Å². The highest BCUT2D eigenvalue weighted by molar-refractivity contribution is 8.20. The fourth-order valence-electron chi connectivity index (χ4n) is 7.77. The van der Waals surface area contributed by atoms with Crippen LogP contribution in [0.2, 0.25) is 0 Å². The summed E-state index contributed by atoms with van der Waals surface area (Å²) < 4.78 is 45.2. The van der Waals surface area contributed by atoms with Gasteiger partial charge in [-0.05, 0) is 84.9 Å². The van der Waals surface area contributed by atoms with E-state index < -0.39 is 17.0 Å². The van der Waals surface area contributed by atoms with Crippen LogP contribution >= 0.6 is 35.3 Å². The molecule has 1 N–H and O–H groups in total. The maximum atomic E-state index is 15.9. The molecule has 2 aliphatic rings. The van der Waals surface area contributed by atoms with Gasteiger partial charge in [0.1, 0.15) is 11.6 Å². The lowest BCUT2D eigenvalue weighted by Gasteiger charge is -2.38. The smallest absolute Gasteiger partial charge is 0.308 e. The summed E-state index contributed by atoms with van der Waals surface area (Å²) in [5.74, 6) is 3.83. The first-order chi connectivity index (χ1) is 26.0. The molecule has 54 heavy (non-hydrogen) atoms. The first kappa shape index (κ1) is 38.8. The molecule has 1 saturated heterocycles. The Kier molecular flexibility index (Phi) is 11.7. The number of hydrogen-bond acceptors (Lipinski definition) is 8. The van der Waals surface area contributed by atoms with Crippen LogP contribution in [0.5, 0.6) is 11.5 Å². The van der Waals surface area contributed by atoms with Gasteiger partial charge in [-0.15, -0.1) is 23.5 Å². The number of rotatable bonds is 6. The lowest BCUT2D eigenvalue weighted by Crippen LogP contribution is -2.38. The summed E-state index contributed by atoms with van der Waals surface area (Å²) in [5, 5.41) is 6.04. The summed E-state index contributed by atoms with van der Waals surface area (Å²) >= 11 is 5.74. The molecule has 7 nitrogen and oxygen atoms in total. The van der Waals surface area contributed by atoms with E-state index in [1.807, 2.05) is 61.4 Å². The van der Waals surface area contributed by atoms with Crippen molar-refractivity contribution in [2.45, 2.75) is 69.8 Å². The molecule has 0 radical (unpaired) electrons. The largest absolute Gasteiger partial charge is 0.466 e. The molecule has 12 heteroatoms. The molecule has 4 bridgehead atoms. The van der Waals surface area contributed by atoms with E-state index in [4.69, 9.17) is 19.6 Å². The van der Waals surface area contributed by atoms with Crippen LogP contribution in [0.3, 0.4) is 0 Å². The third-order valence-electron chi connectivity index (χ3n) is 10.5. The molecule has 0 spiro atoms. The zero-order valence-corrected chi connectivity index (χ0v) is 34.0. The van der Waals surface area contributed by atoms with Crippen LogP contribution in [0, 0.1) is 23.0 Å². The number of thioether (sulfide) groups is 3. The van der Waals surface area contributed by atoms with Crippen LogP contribution in [0.15, 0.2) is 60.8 Å². The number of aromatic amines is 1. The van der Waals surface area contributed by atoms with E-state index in [-0.39, 0.29) is 33.2 Å². The highest BCUT2D eigenvalue weighted by Gasteiger charge is 2.48. The highest BCUT2D eigenvalue weighted by Crippen LogP contribution is 2.53. The number of esters is 1. The standard InChI is InChI=1S/C42H48F2N4O3S3/c1-6-50-38(49)26(2)21-27-9-7-10-28(22-27)42(40-53-19-20-54-40)16-8-15-41(3,4)25-52-18-14-31-30-13-17-45-35(30)24-34(44)36(31)51-29-11-12-33(43)32(23-29)37-46-39(42)47-48(37)5/h7,9-13,17,22-24,26,40,45H,6,8,14-16,18-21,25H2,1-5H3. The zero-order chi connectivity index (χ0) is 38.0.